The molecule has 0 aliphatic rings. The van der Waals surface area contributed by atoms with Crippen LogP contribution in [0.1, 0.15) is 38.0 Å². The van der Waals surface area contributed by atoms with E-state index >= 15 is 0 Å². The Bertz CT molecular complexity index is 1040. The van der Waals surface area contributed by atoms with Crippen LogP contribution in [0.2, 0.25) is 0 Å². The SMILES string of the molecule is COc1ccc(C(=O)Nc2ccccc2C(=O)Nc2ccc(C(C)=O)cc2)cc1. The number of benzene rings is 3. The second-order valence-electron chi connectivity index (χ2n) is 6.32. The first kappa shape index (κ1) is 19.8. The molecule has 0 saturated heterocycles. The number of carbonyl (C=O) groups excluding carboxylic acids is 3. The van der Waals surface area contributed by atoms with Crippen molar-refractivity contribution in [1.82, 2.24) is 0 Å². The average Bonchev–Trinajstić information content (AvgIpc) is 2.74. The van der Waals surface area contributed by atoms with Gasteiger partial charge in [0.25, 0.3) is 11.8 Å². The van der Waals surface area contributed by atoms with Crippen LogP contribution < -0.4 is 15.4 Å². The molecule has 3 aromatic rings. The lowest BCUT2D eigenvalue weighted by atomic mass is 10.1. The van der Waals surface area contributed by atoms with Gasteiger partial charge in [0.05, 0.1) is 18.4 Å². The molecule has 29 heavy (non-hydrogen) atoms. The number of hydrogen-bond donors (Lipinski definition) is 2. The summed E-state index contributed by atoms with van der Waals surface area (Å²) in [7, 11) is 1.55. The van der Waals surface area contributed by atoms with E-state index in [9.17, 15) is 14.4 Å². The first-order valence-electron chi connectivity index (χ1n) is 8.94. The van der Waals surface area contributed by atoms with Crippen LogP contribution in [0.4, 0.5) is 11.4 Å². The van der Waals surface area contributed by atoms with Crippen LogP contribution in [-0.4, -0.2) is 24.7 Å². The van der Waals surface area contributed by atoms with Gasteiger partial charge in [0.1, 0.15) is 5.75 Å². The van der Waals surface area contributed by atoms with E-state index in [1.807, 2.05) is 0 Å². The topological polar surface area (TPSA) is 84.5 Å². The molecule has 0 aromatic heterocycles. The van der Waals surface area contributed by atoms with Gasteiger partial charge in [-0.15, -0.1) is 0 Å². The Balaban J connectivity index is 1.76. The number of para-hydroxylation sites is 1. The second kappa shape index (κ2) is 8.84. The molecule has 0 radical (unpaired) electrons. The molecule has 3 aromatic carbocycles. The van der Waals surface area contributed by atoms with Crippen molar-refractivity contribution in [3.8, 4) is 5.75 Å². The predicted octanol–water partition coefficient (Wildman–Crippen LogP) is 4.40. The number of carbonyl (C=O) groups is 3. The van der Waals surface area contributed by atoms with E-state index in [0.717, 1.165) is 0 Å². The summed E-state index contributed by atoms with van der Waals surface area (Å²) in [4.78, 5) is 36.6. The van der Waals surface area contributed by atoms with Crippen molar-refractivity contribution in [3.63, 3.8) is 0 Å². The number of methoxy groups -OCH3 is 1. The average molecular weight is 388 g/mol. The summed E-state index contributed by atoms with van der Waals surface area (Å²) in [6, 6.07) is 20.0. The Morgan fingerprint density at radius 3 is 1.97 bits per heavy atom. The Kier molecular flexibility index (Phi) is 6.04. The molecule has 2 N–H and O–H groups in total. The molecule has 2 amide bonds. The fourth-order valence-electron chi connectivity index (χ4n) is 2.71. The fourth-order valence-corrected chi connectivity index (χ4v) is 2.71. The second-order valence-corrected chi connectivity index (χ2v) is 6.32. The van der Waals surface area contributed by atoms with Gasteiger partial charge in [-0.2, -0.15) is 0 Å². The zero-order valence-electron chi connectivity index (χ0n) is 16.1. The van der Waals surface area contributed by atoms with Gasteiger partial charge in [0.15, 0.2) is 5.78 Å². The highest BCUT2D eigenvalue weighted by Gasteiger charge is 2.14. The standard InChI is InChI=1S/C23H20N2O4/c1-15(26)16-7-11-18(12-8-16)24-23(28)20-5-3-4-6-21(20)25-22(27)17-9-13-19(29-2)14-10-17/h3-14H,1-2H3,(H,24,28)(H,25,27). The molecule has 0 aliphatic carbocycles. The molecule has 0 saturated carbocycles. The highest BCUT2D eigenvalue weighted by Crippen LogP contribution is 2.20. The Labute approximate surface area is 168 Å². The van der Waals surface area contributed by atoms with Crippen LogP contribution in [0.3, 0.4) is 0 Å². The summed E-state index contributed by atoms with van der Waals surface area (Å²) in [5.41, 5.74) is 2.28. The lowest BCUT2D eigenvalue weighted by Gasteiger charge is -2.12. The van der Waals surface area contributed by atoms with Gasteiger partial charge in [-0.25, -0.2) is 0 Å². The number of nitrogens with one attached hydrogen (secondary N) is 2. The van der Waals surface area contributed by atoms with Gasteiger partial charge in [0.2, 0.25) is 0 Å². The summed E-state index contributed by atoms with van der Waals surface area (Å²) < 4.78 is 5.09. The third-order valence-corrected chi connectivity index (χ3v) is 4.32. The molecule has 0 unspecified atom stereocenters. The fraction of sp³-hybridized carbons (Fsp3) is 0.0870. The molecule has 0 fully saturated rings. The molecule has 0 bridgehead atoms. The summed E-state index contributed by atoms with van der Waals surface area (Å²) in [6.07, 6.45) is 0. The largest absolute Gasteiger partial charge is 0.497 e. The van der Waals surface area contributed by atoms with E-state index in [2.05, 4.69) is 10.6 Å². The van der Waals surface area contributed by atoms with Crippen LogP contribution >= 0.6 is 0 Å². The van der Waals surface area contributed by atoms with E-state index < -0.39 is 0 Å². The zero-order valence-corrected chi connectivity index (χ0v) is 16.1. The third-order valence-electron chi connectivity index (χ3n) is 4.32. The van der Waals surface area contributed by atoms with Crippen LogP contribution in [0.5, 0.6) is 5.75 Å². The predicted molar refractivity (Wildman–Crippen MR) is 112 cm³/mol. The Morgan fingerprint density at radius 2 is 1.34 bits per heavy atom. The van der Waals surface area contributed by atoms with Crippen molar-refractivity contribution in [2.45, 2.75) is 6.92 Å². The van der Waals surface area contributed by atoms with Crippen LogP contribution in [0.15, 0.2) is 72.8 Å². The van der Waals surface area contributed by atoms with Gasteiger partial charge in [-0.05, 0) is 67.6 Å². The van der Waals surface area contributed by atoms with Crippen molar-refractivity contribution >= 4 is 29.0 Å². The third kappa shape index (κ3) is 4.87. The van der Waals surface area contributed by atoms with Gasteiger partial charge in [-0.3, -0.25) is 14.4 Å². The highest BCUT2D eigenvalue weighted by molar-refractivity contribution is 6.12. The Hall–Kier alpha value is -3.93. The van der Waals surface area contributed by atoms with Gasteiger partial charge in [-0.1, -0.05) is 12.1 Å². The first-order chi connectivity index (χ1) is 14.0. The van der Waals surface area contributed by atoms with Gasteiger partial charge < -0.3 is 15.4 Å². The Morgan fingerprint density at radius 1 is 0.724 bits per heavy atom. The number of hydrogen-bond acceptors (Lipinski definition) is 4. The number of Topliss-reactive ketones (excluding diaryl/α,β-unsaturated/α-hetero) is 1. The number of ether oxygens (including phenoxy) is 1. The zero-order chi connectivity index (χ0) is 20.8. The number of amides is 2. The lowest BCUT2D eigenvalue weighted by Crippen LogP contribution is -2.18. The molecule has 0 atom stereocenters. The van der Waals surface area contributed by atoms with Crippen LogP contribution in [0, 0.1) is 0 Å². The van der Waals surface area contributed by atoms with Gasteiger partial charge >= 0.3 is 0 Å². The molecular weight excluding hydrogens is 368 g/mol. The van der Waals surface area contributed by atoms with E-state index in [4.69, 9.17) is 4.74 Å². The van der Waals surface area contributed by atoms with Crippen LogP contribution in [-0.2, 0) is 0 Å². The molecule has 0 spiro atoms. The number of ketones is 1. The molecule has 0 heterocycles. The normalized spacial score (nSPS) is 10.1. The van der Waals surface area contributed by atoms with E-state index in [0.29, 0.717) is 33.8 Å². The first-order valence-corrected chi connectivity index (χ1v) is 8.94. The van der Waals surface area contributed by atoms with E-state index in [-0.39, 0.29) is 17.6 Å². The van der Waals surface area contributed by atoms with Crippen molar-refractivity contribution in [3.05, 3.63) is 89.5 Å². The molecule has 0 aliphatic heterocycles. The maximum atomic E-state index is 12.7. The summed E-state index contributed by atoms with van der Waals surface area (Å²) in [5.74, 6) is -0.100. The molecule has 6 nitrogen and oxygen atoms in total. The minimum Gasteiger partial charge on any atom is -0.497 e. The number of anilines is 2. The maximum absolute atomic E-state index is 12.7. The van der Waals surface area contributed by atoms with Gasteiger partial charge in [0, 0.05) is 16.8 Å². The summed E-state index contributed by atoms with van der Waals surface area (Å²) in [6.45, 7) is 1.48. The monoisotopic (exact) mass is 388 g/mol. The van der Waals surface area contributed by atoms with Crippen molar-refractivity contribution < 1.29 is 19.1 Å². The van der Waals surface area contributed by atoms with Crippen molar-refractivity contribution in [2.24, 2.45) is 0 Å². The maximum Gasteiger partial charge on any atom is 0.257 e. The quantitative estimate of drug-likeness (QED) is 0.613. The molecule has 6 heteroatoms. The molecular formula is C23H20N2O4. The van der Waals surface area contributed by atoms with E-state index in [1.54, 1.807) is 79.9 Å². The lowest BCUT2D eigenvalue weighted by molar-refractivity contribution is 0.101. The highest BCUT2D eigenvalue weighted by atomic mass is 16.5. The van der Waals surface area contributed by atoms with Crippen molar-refractivity contribution in [1.29, 1.82) is 0 Å². The smallest absolute Gasteiger partial charge is 0.257 e. The summed E-state index contributed by atoms with van der Waals surface area (Å²) in [5, 5.41) is 5.54. The summed E-state index contributed by atoms with van der Waals surface area (Å²) >= 11 is 0. The minimum atomic E-state index is -0.369. The van der Waals surface area contributed by atoms with Crippen LogP contribution in [0.25, 0.3) is 0 Å². The molecule has 3 rings (SSSR count). The molecule has 146 valence electrons. The van der Waals surface area contributed by atoms with Crippen molar-refractivity contribution in [2.75, 3.05) is 17.7 Å². The van der Waals surface area contributed by atoms with E-state index in [1.165, 1.54) is 6.92 Å². The number of rotatable bonds is 6. The minimum absolute atomic E-state index is 0.0468.